The standard InChI is InChI=1S/C15H20N4O2/c1-11(2)6-5-9-16-14(20)10-19-15(21)12-7-3-4-8-13(12)17-18-19/h3-4,7-8,11H,5-6,9-10H2,1-2H3,(H,16,20). The first-order chi connectivity index (χ1) is 10.1. The summed E-state index contributed by atoms with van der Waals surface area (Å²) in [4.78, 5) is 24.0. The third kappa shape index (κ3) is 4.11. The fourth-order valence-electron chi connectivity index (χ4n) is 2.06. The van der Waals surface area contributed by atoms with Crippen LogP contribution in [0.3, 0.4) is 0 Å². The van der Waals surface area contributed by atoms with Gasteiger partial charge in [0.1, 0.15) is 12.1 Å². The summed E-state index contributed by atoms with van der Waals surface area (Å²) in [5.41, 5.74) is 0.244. The Balaban J connectivity index is 1.98. The van der Waals surface area contributed by atoms with Crippen molar-refractivity contribution in [3.05, 3.63) is 34.6 Å². The van der Waals surface area contributed by atoms with E-state index in [1.165, 1.54) is 0 Å². The van der Waals surface area contributed by atoms with Gasteiger partial charge in [-0.05, 0) is 30.9 Å². The van der Waals surface area contributed by atoms with Crippen molar-refractivity contribution in [2.45, 2.75) is 33.2 Å². The summed E-state index contributed by atoms with van der Waals surface area (Å²) >= 11 is 0. The van der Waals surface area contributed by atoms with E-state index in [1.54, 1.807) is 24.3 Å². The van der Waals surface area contributed by atoms with Crippen molar-refractivity contribution in [2.75, 3.05) is 6.54 Å². The van der Waals surface area contributed by atoms with Gasteiger partial charge in [0.25, 0.3) is 5.56 Å². The normalized spacial score (nSPS) is 11.0. The SMILES string of the molecule is CC(C)CCCNC(=O)Cn1nnc2ccccc2c1=O. The molecule has 0 saturated heterocycles. The van der Waals surface area contributed by atoms with E-state index in [4.69, 9.17) is 0 Å². The Morgan fingerprint density at radius 1 is 1.33 bits per heavy atom. The highest BCUT2D eigenvalue weighted by molar-refractivity contribution is 5.78. The number of benzene rings is 1. The quantitative estimate of drug-likeness (QED) is 0.814. The summed E-state index contributed by atoms with van der Waals surface area (Å²) in [6.45, 7) is 4.81. The fraction of sp³-hybridized carbons (Fsp3) is 0.467. The van der Waals surface area contributed by atoms with Crippen molar-refractivity contribution in [1.82, 2.24) is 20.3 Å². The number of hydrogen-bond donors (Lipinski definition) is 1. The average molecular weight is 288 g/mol. The van der Waals surface area contributed by atoms with Gasteiger partial charge in [-0.2, -0.15) is 0 Å². The van der Waals surface area contributed by atoms with Gasteiger partial charge in [-0.15, -0.1) is 5.10 Å². The number of aromatic nitrogens is 3. The first-order valence-electron chi connectivity index (χ1n) is 7.17. The highest BCUT2D eigenvalue weighted by atomic mass is 16.2. The molecule has 6 nitrogen and oxygen atoms in total. The van der Waals surface area contributed by atoms with Crippen LogP contribution in [-0.2, 0) is 11.3 Å². The number of carbonyl (C=O) groups excluding carboxylic acids is 1. The van der Waals surface area contributed by atoms with Crippen molar-refractivity contribution in [3.8, 4) is 0 Å². The van der Waals surface area contributed by atoms with Gasteiger partial charge in [-0.1, -0.05) is 31.2 Å². The van der Waals surface area contributed by atoms with Gasteiger partial charge in [0.2, 0.25) is 5.91 Å². The molecule has 0 saturated carbocycles. The third-order valence-corrected chi connectivity index (χ3v) is 3.20. The maximum Gasteiger partial charge on any atom is 0.278 e. The Labute approximate surface area is 123 Å². The molecule has 1 aromatic carbocycles. The Kier molecular flexibility index (Phi) is 5.03. The van der Waals surface area contributed by atoms with Crippen LogP contribution in [0.25, 0.3) is 10.9 Å². The van der Waals surface area contributed by atoms with E-state index in [0.29, 0.717) is 23.4 Å². The van der Waals surface area contributed by atoms with Gasteiger partial charge in [0, 0.05) is 6.54 Å². The molecule has 1 N–H and O–H groups in total. The van der Waals surface area contributed by atoms with Crippen molar-refractivity contribution < 1.29 is 4.79 Å². The molecule has 0 atom stereocenters. The molecule has 0 bridgehead atoms. The zero-order chi connectivity index (χ0) is 15.2. The first-order valence-corrected chi connectivity index (χ1v) is 7.17. The van der Waals surface area contributed by atoms with Gasteiger partial charge >= 0.3 is 0 Å². The van der Waals surface area contributed by atoms with Crippen molar-refractivity contribution in [3.63, 3.8) is 0 Å². The summed E-state index contributed by atoms with van der Waals surface area (Å²) in [5, 5.41) is 11.0. The molecule has 2 aromatic rings. The minimum absolute atomic E-state index is 0.0989. The topological polar surface area (TPSA) is 76.9 Å². The van der Waals surface area contributed by atoms with Gasteiger partial charge in [0.05, 0.1) is 5.39 Å². The Hall–Kier alpha value is -2.24. The molecule has 1 heterocycles. The summed E-state index contributed by atoms with van der Waals surface area (Å²) in [7, 11) is 0. The van der Waals surface area contributed by atoms with Crippen LogP contribution in [0.4, 0.5) is 0 Å². The molecule has 1 aromatic heterocycles. The lowest BCUT2D eigenvalue weighted by molar-refractivity contribution is -0.121. The van der Waals surface area contributed by atoms with Crippen molar-refractivity contribution in [2.24, 2.45) is 5.92 Å². The average Bonchev–Trinajstić information content (AvgIpc) is 2.47. The second-order valence-electron chi connectivity index (χ2n) is 5.46. The van der Waals surface area contributed by atoms with E-state index in [1.807, 2.05) is 0 Å². The number of nitrogens with one attached hydrogen (secondary N) is 1. The Morgan fingerprint density at radius 2 is 2.10 bits per heavy atom. The van der Waals surface area contributed by atoms with Gasteiger partial charge in [0.15, 0.2) is 0 Å². The summed E-state index contributed by atoms with van der Waals surface area (Å²) in [5.74, 6) is 0.404. The summed E-state index contributed by atoms with van der Waals surface area (Å²) in [6.07, 6.45) is 2.00. The highest BCUT2D eigenvalue weighted by Crippen LogP contribution is 2.03. The molecule has 0 radical (unpaired) electrons. The minimum Gasteiger partial charge on any atom is -0.354 e. The fourth-order valence-corrected chi connectivity index (χ4v) is 2.06. The second-order valence-corrected chi connectivity index (χ2v) is 5.46. The van der Waals surface area contributed by atoms with Crippen LogP contribution in [0.2, 0.25) is 0 Å². The number of amides is 1. The zero-order valence-electron chi connectivity index (χ0n) is 12.4. The molecule has 0 fully saturated rings. The van der Waals surface area contributed by atoms with Crippen LogP contribution >= 0.6 is 0 Å². The molecule has 0 unspecified atom stereocenters. The first kappa shape index (κ1) is 15.2. The number of rotatable bonds is 6. The van der Waals surface area contributed by atoms with E-state index in [0.717, 1.165) is 17.5 Å². The van der Waals surface area contributed by atoms with E-state index in [9.17, 15) is 9.59 Å². The molecule has 112 valence electrons. The van der Waals surface area contributed by atoms with Crippen molar-refractivity contribution in [1.29, 1.82) is 0 Å². The Bertz CT molecular complexity index is 679. The van der Waals surface area contributed by atoms with Crippen LogP contribution in [0.15, 0.2) is 29.1 Å². The minimum atomic E-state index is -0.294. The molecular weight excluding hydrogens is 268 g/mol. The number of nitrogens with zero attached hydrogens (tertiary/aromatic N) is 3. The summed E-state index contributed by atoms with van der Waals surface area (Å²) < 4.78 is 1.10. The largest absolute Gasteiger partial charge is 0.354 e. The lowest BCUT2D eigenvalue weighted by atomic mass is 10.1. The molecule has 0 aliphatic heterocycles. The molecule has 0 aliphatic rings. The predicted octanol–water partition coefficient (Wildman–Crippen LogP) is 1.34. The van der Waals surface area contributed by atoms with Crippen LogP contribution < -0.4 is 10.9 Å². The lowest BCUT2D eigenvalue weighted by Crippen LogP contribution is -2.34. The van der Waals surface area contributed by atoms with Crippen LogP contribution in [0.1, 0.15) is 26.7 Å². The van der Waals surface area contributed by atoms with Crippen LogP contribution in [0.5, 0.6) is 0 Å². The predicted molar refractivity (Wildman–Crippen MR) is 80.9 cm³/mol. The molecule has 6 heteroatoms. The second kappa shape index (κ2) is 6.97. The summed E-state index contributed by atoms with van der Waals surface area (Å²) in [6, 6.07) is 6.97. The monoisotopic (exact) mass is 288 g/mol. The highest BCUT2D eigenvalue weighted by Gasteiger charge is 2.08. The lowest BCUT2D eigenvalue weighted by Gasteiger charge is -2.07. The molecule has 0 aliphatic carbocycles. The molecule has 21 heavy (non-hydrogen) atoms. The maximum absolute atomic E-state index is 12.2. The maximum atomic E-state index is 12.2. The van der Waals surface area contributed by atoms with E-state index >= 15 is 0 Å². The number of carbonyl (C=O) groups is 1. The molecule has 0 spiro atoms. The Morgan fingerprint density at radius 3 is 2.86 bits per heavy atom. The third-order valence-electron chi connectivity index (χ3n) is 3.20. The van der Waals surface area contributed by atoms with Gasteiger partial charge < -0.3 is 5.32 Å². The smallest absolute Gasteiger partial charge is 0.278 e. The van der Waals surface area contributed by atoms with E-state index < -0.39 is 0 Å². The van der Waals surface area contributed by atoms with Gasteiger partial charge in [-0.3, -0.25) is 9.59 Å². The van der Waals surface area contributed by atoms with E-state index in [-0.39, 0.29) is 18.0 Å². The number of fused-ring (bicyclic) bond motifs is 1. The number of hydrogen-bond acceptors (Lipinski definition) is 4. The molecule has 1 amide bonds. The van der Waals surface area contributed by atoms with Crippen LogP contribution in [-0.4, -0.2) is 27.4 Å². The molecule has 2 rings (SSSR count). The van der Waals surface area contributed by atoms with E-state index in [2.05, 4.69) is 29.5 Å². The van der Waals surface area contributed by atoms with Crippen LogP contribution in [0, 0.1) is 5.92 Å². The van der Waals surface area contributed by atoms with Gasteiger partial charge in [-0.25, -0.2) is 4.68 Å². The van der Waals surface area contributed by atoms with Crippen molar-refractivity contribution >= 4 is 16.8 Å². The zero-order valence-corrected chi connectivity index (χ0v) is 12.4. The molecular formula is C15H20N4O2.